The van der Waals surface area contributed by atoms with Crippen molar-refractivity contribution in [1.82, 2.24) is 9.97 Å². The van der Waals surface area contributed by atoms with Crippen molar-refractivity contribution in [1.29, 1.82) is 0 Å². The molecule has 3 rings (SSSR count). The summed E-state index contributed by atoms with van der Waals surface area (Å²) >= 11 is 0. The van der Waals surface area contributed by atoms with E-state index in [-0.39, 0.29) is 30.0 Å². The van der Waals surface area contributed by atoms with E-state index in [4.69, 9.17) is 10.5 Å². The maximum atomic E-state index is 12.5. The molecule has 8 nitrogen and oxygen atoms in total. The zero-order valence-electron chi connectivity index (χ0n) is 13.1. The number of carbonyl (C=O) groups excluding carboxylic acids is 2. The van der Waals surface area contributed by atoms with Gasteiger partial charge in [-0.2, -0.15) is 0 Å². The van der Waals surface area contributed by atoms with Gasteiger partial charge in [0, 0.05) is 6.20 Å². The van der Waals surface area contributed by atoms with E-state index >= 15 is 0 Å². The molecule has 0 radical (unpaired) electrons. The Morgan fingerprint density at radius 1 is 1.38 bits per heavy atom. The molecule has 1 aliphatic rings. The second-order valence-corrected chi connectivity index (χ2v) is 5.26. The Bertz CT molecular complexity index is 766. The third-order valence-electron chi connectivity index (χ3n) is 3.53. The molecule has 0 bridgehead atoms. The van der Waals surface area contributed by atoms with Crippen LogP contribution in [-0.2, 0) is 9.59 Å². The first-order valence-corrected chi connectivity index (χ1v) is 7.54. The largest absolute Gasteiger partial charge is 0.477 e. The van der Waals surface area contributed by atoms with Crippen molar-refractivity contribution in [3.63, 3.8) is 0 Å². The summed E-state index contributed by atoms with van der Waals surface area (Å²) in [5, 5.41) is 2.64. The quantitative estimate of drug-likeness (QED) is 0.873. The number of amides is 2. The van der Waals surface area contributed by atoms with Gasteiger partial charge in [0.1, 0.15) is 18.2 Å². The number of nitrogens with one attached hydrogen (secondary N) is 1. The highest BCUT2D eigenvalue weighted by Crippen LogP contribution is 2.33. The smallest absolute Gasteiger partial charge is 0.269 e. The van der Waals surface area contributed by atoms with Crippen LogP contribution in [0.5, 0.6) is 5.75 Å². The van der Waals surface area contributed by atoms with Crippen molar-refractivity contribution >= 4 is 29.3 Å². The Balaban J connectivity index is 1.84. The minimum absolute atomic E-state index is 0.196. The summed E-state index contributed by atoms with van der Waals surface area (Å²) in [7, 11) is 0. The minimum atomic E-state index is -0.648. The minimum Gasteiger partial charge on any atom is -0.477 e. The molecule has 0 saturated heterocycles. The predicted octanol–water partition coefficient (Wildman–Crippen LogP) is 1.20. The average molecular weight is 327 g/mol. The second kappa shape index (κ2) is 6.53. The van der Waals surface area contributed by atoms with E-state index in [1.165, 1.54) is 4.90 Å². The fourth-order valence-corrected chi connectivity index (χ4v) is 2.39. The lowest BCUT2D eigenvalue weighted by molar-refractivity contribution is -0.128. The van der Waals surface area contributed by atoms with E-state index in [1.54, 1.807) is 36.5 Å². The van der Waals surface area contributed by atoms with Gasteiger partial charge in [-0.15, -0.1) is 0 Å². The highest BCUT2D eigenvalue weighted by molar-refractivity contribution is 6.05. The zero-order valence-corrected chi connectivity index (χ0v) is 13.1. The normalized spacial score (nSPS) is 16.3. The van der Waals surface area contributed by atoms with Crippen LogP contribution in [0.4, 0.5) is 17.5 Å². The molecule has 0 spiro atoms. The molecule has 3 N–H and O–H groups in total. The SMILES string of the molecule is CCC1Oc2ccc(N)nc2N(CC(=O)Nc2ccccn2)C1=O. The predicted molar refractivity (Wildman–Crippen MR) is 88.6 cm³/mol. The number of aromatic nitrogens is 2. The van der Waals surface area contributed by atoms with Gasteiger partial charge in [-0.05, 0) is 30.7 Å². The maximum Gasteiger partial charge on any atom is 0.269 e. The van der Waals surface area contributed by atoms with Gasteiger partial charge in [0.05, 0.1) is 0 Å². The van der Waals surface area contributed by atoms with E-state index in [2.05, 4.69) is 15.3 Å². The molecule has 124 valence electrons. The molecule has 1 unspecified atom stereocenters. The van der Waals surface area contributed by atoms with Crippen molar-refractivity contribution in [3.8, 4) is 5.75 Å². The van der Waals surface area contributed by atoms with E-state index < -0.39 is 6.10 Å². The number of rotatable bonds is 4. The van der Waals surface area contributed by atoms with Gasteiger partial charge in [-0.25, -0.2) is 9.97 Å². The van der Waals surface area contributed by atoms with Gasteiger partial charge in [-0.3, -0.25) is 14.5 Å². The highest BCUT2D eigenvalue weighted by atomic mass is 16.5. The topological polar surface area (TPSA) is 110 Å². The molecule has 0 saturated carbocycles. The zero-order chi connectivity index (χ0) is 17.1. The number of ether oxygens (including phenoxy) is 1. The number of anilines is 3. The van der Waals surface area contributed by atoms with Crippen molar-refractivity contribution in [2.24, 2.45) is 0 Å². The summed E-state index contributed by atoms with van der Waals surface area (Å²) in [4.78, 5) is 34.3. The number of hydrogen-bond acceptors (Lipinski definition) is 6. The fraction of sp³-hybridized carbons (Fsp3) is 0.250. The van der Waals surface area contributed by atoms with Crippen LogP contribution in [0, 0.1) is 0 Å². The van der Waals surface area contributed by atoms with Gasteiger partial charge >= 0.3 is 0 Å². The van der Waals surface area contributed by atoms with Crippen LogP contribution in [0.2, 0.25) is 0 Å². The van der Waals surface area contributed by atoms with Crippen LogP contribution >= 0.6 is 0 Å². The Morgan fingerprint density at radius 2 is 2.21 bits per heavy atom. The van der Waals surface area contributed by atoms with Crippen LogP contribution in [-0.4, -0.2) is 34.4 Å². The van der Waals surface area contributed by atoms with Gasteiger partial charge < -0.3 is 15.8 Å². The van der Waals surface area contributed by atoms with E-state index in [1.807, 2.05) is 6.92 Å². The van der Waals surface area contributed by atoms with E-state index in [0.29, 0.717) is 18.0 Å². The Hall–Kier alpha value is -3.16. The van der Waals surface area contributed by atoms with Gasteiger partial charge in [-0.1, -0.05) is 13.0 Å². The second-order valence-electron chi connectivity index (χ2n) is 5.26. The summed E-state index contributed by atoms with van der Waals surface area (Å²) in [6, 6.07) is 8.41. The van der Waals surface area contributed by atoms with Crippen LogP contribution in [0.25, 0.3) is 0 Å². The molecule has 2 aromatic rings. The fourth-order valence-electron chi connectivity index (χ4n) is 2.39. The summed E-state index contributed by atoms with van der Waals surface area (Å²) in [6.45, 7) is 1.64. The molecule has 1 atom stereocenters. The molecule has 0 aromatic carbocycles. The Labute approximate surface area is 138 Å². The van der Waals surface area contributed by atoms with Gasteiger partial charge in [0.25, 0.3) is 5.91 Å². The third-order valence-corrected chi connectivity index (χ3v) is 3.53. The average Bonchev–Trinajstić information content (AvgIpc) is 2.58. The highest BCUT2D eigenvalue weighted by Gasteiger charge is 2.35. The third kappa shape index (κ3) is 3.12. The number of nitrogens with two attached hydrogens (primary N) is 1. The van der Waals surface area contributed by atoms with E-state index in [9.17, 15) is 9.59 Å². The number of nitrogens with zero attached hydrogens (tertiary/aromatic N) is 3. The molecule has 8 heteroatoms. The number of hydrogen-bond donors (Lipinski definition) is 2. The van der Waals surface area contributed by atoms with Crippen LogP contribution in [0.1, 0.15) is 13.3 Å². The molecule has 2 aromatic heterocycles. The van der Waals surface area contributed by atoms with Crippen LogP contribution in [0.3, 0.4) is 0 Å². The number of nitrogen functional groups attached to an aromatic ring is 1. The lowest BCUT2D eigenvalue weighted by Gasteiger charge is -2.32. The lowest BCUT2D eigenvalue weighted by atomic mass is 10.2. The lowest BCUT2D eigenvalue weighted by Crippen LogP contribution is -2.49. The summed E-state index contributed by atoms with van der Waals surface area (Å²) in [5.74, 6) is 0.640. The monoisotopic (exact) mass is 327 g/mol. The van der Waals surface area contributed by atoms with Gasteiger partial charge in [0.2, 0.25) is 5.91 Å². The van der Waals surface area contributed by atoms with Crippen LogP contribution < -0.4 is 20.7 Å². The number of fused-ring (bicyclic) bond motifs is 1. The summed E-state index contributed by atoms with van der Waals surface area (Å²) in [6.07, 6.45) is 1.41. The van der Waals surface area contributed by atoms with Crippen molar-refractivity contribution in [3.05, 3.63) is 36.5 Å². The Kier molecular flexibility index (Phi) is 4.28. The van der Waals surface area contributed by atoms with Crippen LogP contribution in [0.15, 0.2) is 36.5 Å². The molecular formula is C16H17N5O3. The first-order valence-electron chi connectivity index (χ1n) is 7.54. The number of pyridine rings is 2. The Morgan fingerprint density at radius 3 is 2.92 bits per heavy atom. The first-order chi connectivity index (χ1) is 11.6. The van der Waals surface area contributed by atoms with Crippen molar-refractivity contribution in [2.75, 3.05) is 22.5 Å². The standard InChI is InChI=1S/C16H17N5O3/c1-2-10-16(23)21(15-11(24-10)6-7-12(17)19-15)9-14(22)20-13-5-3-4-8-18-13/h3-8,10H,2,9H2,1H3,(H2,17,19)(H,18,20,22). The molecule has 0 aliphatic carbocycles. The van der Waals surface area contributed by atoms with Gasteiger partial charge in [0.15, 0.2) is 17.7 Å². The molecule has 3 heterocycles. The maximum absolute atomic E-state index is 12.5. The van der Waals surface area contributed by atoms with E-state index in [0.717, 1.165) is 0 Å². The number of carbonyl (C=O) groups is 2. The molecule has 2 amide bonds. The molecule has 0 fully saturated rings. The summed E-state index contributed by atoms with van der Waals surface area (Å²) in [5.41, 5.74) is 5.70. The van der Waals surface area contributed by atoms with Crippen molar-refractivity contribution in [2.45, 2.75) is 19.4 Å². The first kappa shape index (κ1) is 15.7. The van der Waals surface area contributed by atoms with Crippen molar-refractivity contribution < 1.29 is 14.3 Å². The molecule has 1 aliphatic heterocycles. The summed E-state index contributed by atoms with van der Waals surface area (Å²) < 4.78 is 5.63. The molecular weight excluding hydrogens is 310 g/mol. The molecule has 24 heavy (non-hydrogen) atoms.